The predicted octanol–water partition coefficient (Wildman–Crippen LogP) is 1.15. The lowest BCUT2D eigenvalue weighted by Gasteiger charge is -2.26. The highest BCUT2D eigenvalue weighted by molar-refractivity contribution is 7.99. The highest BCUT2D eigenvalue weighted by Gasteiger charge is 2.33. The van der Waals surface area contributed by atoms with Gasteiger partial charge in [0.25, 0.3) is 0 Å². The molecule has 2 amide bonds. The molecule has 0 radical (unpaired) electrons. The fourth-order valence-electron chi connectivity index (χ4n) is 4.07. The topological polar surface area (TPSA) is 211 Å². The summed E-state index contributed by atoms with van der Waals surface area (Å²) in [6.45, 7) is 11.4. The fraction of sp³-hybridized carbons (Fsp3) is 0.759. The van der Waals surface area contributed by atoms with Crippen molar-refractivity contribution in [2.75, 3.05) is 18.9 Å². The van der Waals surface area contributed by atoms with Crippen LogP contribution in [0.15, 0.2) is 4.99 Å². The van der Waals surface area contributed by atoms with E-state index in [1.165, 1.54) is 13.8 Å². The van der Waals surface area contributed by atoms with Gasteiger partial charge in [0, 0.05) is 43.4 Å². The zero-order valence-electron chi connectivity index (χ0n) is 26.1. The molecule has 0 saturated carbocycles. The van der Waals surface area contributed by atoms with Crippen LogP contribution < -0.4 is 22.1 Å². The second-order valence-corrected chi connectivity index (χ2v) is 13.1. The number of thioether (sulfide) groups is 1. The molecule has 0 spiro atoms. The highest BCUT2D eigenvalue weighted by atomic mass is 32.2. The monoisotopic (exact) mass is 613 g/mol. The third kappa shape index (κ3) is 16.0. The average Bonchev–Trinajstić information content (AvgIpc) is 2.88. The zero-order valence-corrected chi connectivity index (χ0v) is 26.9. The van der Waals surface area contributed by atoms with Crippen molar-refractivity contribution in [1.82, 2.24) is 10.6 Å². The van der Waals surface area contributed by atoms with Gasteiger partial charge in [0.1, 0.15) is 17.6 Å². The van der Waals surface area contributed by atoms with Gasteiger partial charge in [-0.2, -0.15) is 11.8 Å². The van der Waals surface area contributed by atoms with E-state index >= 15 is 0 Å². The molecule has 0 unspecified atom stereocenters. The fourth-order valence-corrected chi connectivity index (χ4v) is 4.96. The van der Waals surface area contributed by atoms with Crippen molar-refractivity contribution in [1.29, 1.82) is 0 Å². The van der Waals surface area contributed by atoms with Crippen LogP contribution in [0.4, 0.5) is 0 Å². The lowest BCUT2D eigenvalue weighted by Crippen LogP contribution is -2.49. The van der Waals surface area contributed by atoms with Crippen LogP contribution >= 0.6 is 11.8 Å². The van der Waals surface area contributed by atoms with E-state index < -0.39 is 59.8 Å². The van der Waals surface area contributed by atoms with Crippen LogP contribution in [0.1, 0.15) is 80.6 Å². The Morgan fingerprint density at radius 2 is 1.40 bits per heavy atom. The Balaban J connectivity index is 5.82. The van der Waals surface area contributed by atoms with E-state index in [4.69, 9.17) is 11.5 Å². The van der Waals surface area contributed by atoms with Gasteiger partial charge in [0.2, 0.25) is 11.8 Å². The van der Waals surface area contributed by atoms with Crippen LogP contribution in [0.2, 0.25) is 0 Å². The van der Waals surface area contributed by atoms with Gasteiger partial charge in [-0.3, -0.25) is 29.0 Å². The lowest BCUT2D eigenvalue weighted by atomic mass is 9.86. The number of nitrogens with zero attached hydrogens (tertiary/aromatic N) is 1. The maximum Gasteiger partial charge on any atom is 0.224 e. The van der Waals surface area contributed by atoms with Crippen LogP contribution in [0.5, 0.6) is 0 Å². The minimum Gasteiger partial charge on any atom is -0.394 e. The predicted molar refractivity (Wildman–Crippen MR) is 165 cm³/mol. The maximum absolute atomic E-state index is 13.5. The second kappa shape index (κ2) is 20.2. The number of rotatable bonds is 22. The number of hydrogen-bond acceptors (Lipinski definition) is 9. The third-order valence-electron chi connectivity index (χ3n) is 6.84. The number of hydrogen-bond donors (Lipinski definition) is 5. The molecule has 5 atom stereocenters. The molecule has 13 heteroatoms. The van der Waals surface area contributed by atoms with Gasteiger partial charge >= 0.3 is 0 Å². The van der Waals surface area contributed by atoms with Crippen molar-refractivity contribution < 1.29 is 33.9 Å². The summed E-state index contributed by atoms with van der Waals surface area (Å²) in [4.78, 5) is 79.9. The van der Waals surface area contributed by atoms with Gasteiger partial charge in [0.15, 0.2) is 17.5 Å². The largest absolute Gasteiger partial charge is 0.394 e. The first kappa shape index (κ1) is 39.2. The molecule has 12 nitrogen and oxygen atoms in total. The van der Waals surface area contributed by atoms with Crippen molar-refractivity contribution in [3.8, 4) is 0 Å². The normalized spacial score (nSPS) is 14.8. The van der Waals surface area contributed by atoms with Crippen molar-refractivity contribution in [3.63, 3.8) is 0 Å². The molecule has 0 saturated heterocycles. The number of aliphatic hydroxyl groups is 1. The Hall–Kier alpha value is -2.80. The molecule has 0 aliphatic heterocycles. The molecule has 0 bridgehead atoms. The highest BCUT2D eigenvalue weighted by Crippen LogP contribution is 2.21. The Bertz CT molecular complexity index is 966. The molecule has 0 aliphatic rings. The summed E-state index contributed by atoms with van der Waals surface area (Å²) in [5.41, 5.74) is 10.8. The first-order valence-electron chi connectivity index (χ1n) is 14.4. The molecule has 0 fully saturated rings. The number of aliphatic imine (C=N–C) groups is 1. The summed E-state index contributed by atoms with van der Waals surface area (Å²) in [5.74, 6) is -4.25. The van der Waals surface area contributed by atoms with Crippen molar-refractivity contribution >= 4 is 52.7 Å². The Morgan fingerprint density at radius 3 is 1.88 bits per heavy atom. The van der Waals surface area contributed by atoms with Gasteiger partial charge in [-0.25, -0.2) is 0 Å². The quantitative estimate of drug-likeness (QED) is 0.0668. The molecule has 240 valence electrons. The molecule has 0 aromatic rings. The molecular weight excluding hydrogens is 562 g/mol. The van der Waals surface area contributed by atoms with Crippen molar-refractivity contribution in [3.05, 3.63) is 0 Å². The molecule has 0 aromatic heterocycles. The van der Waals surface area contributed by atoms with E-state index in [0.717, 1.165) is 0 Å². The van der Waals surface area contributed by atoms with E-state index in [-0.39, 0.29) is 60.9 Å². The summed E-state index contributed by atoms with van der Waals surface area (Å²) in [7, 11) is 0. The summed E-state index contributed by atoms with van der Waals surface area (Å²) in [5, 5.41) is 15.3. The van der Waals surface area contributed by atoms with Gasteiger partial charge in [0.05, 0.1) is 18.6 Å². The molecule has 7 N–H and O–H groups in total. The molecule has 42 heavy (non-hydrogen) atoms. The number of nitrogens with one attached hydrogen (secondary N) is 2. The average molecular weight is 614 g/mol. The van der Waals surface area contributed by atoms with E-state index in [2.05, 4.69) is 15.6 Å². The molecule has 0 heterocycles. The maximum atomic E-state index is 13.5. The van der Waals surface area contributed by atoms with Gasteiger partial charge in [-0.05, 0) is 37.9 Å². The lowest BCUT2D eigenvalue weighted by molar-refractivity contribution is -0.136. The van der Waals surface area contributed by atoms with Gasteiger partial charge < -0.3 is 32.0 Å². The Morgan fingerprint density at radius 1 is 0.833 bits per heavy atom. The summed E-state index contributed by atoms with van der Waals surface area (Å²) in [6, 6.07) is -2.16. The Kier molecular flexibility index (Phi) is 18.8. The minimum atomic E-state index is -1.21. The molecule has 0 aromatic carbocycles. The second-order valence-electron chi connectivity index (χ2n) is 11.4. The van der Waals surface area contributed by atoms with Crippen LogP contribution in [-0.4, -0.2) is 82.3 Å². The molecule has 0 aliphatic carbocycles. The van der Waals surface area contributed by atoms with E-state index in [0.29, 0.717) is 12.2 Å². The van der Waals surface area contributed by atoms with Gasteiger partial charge in [-0.1, -0.05) is 34.6 Å². The number of Topliss-reactive ketones (excluding diaryl/α,β-unsaturated/α-hetero) is 4. The number of carbonyl (C=O) groups is 6. The number of guanidine groups is 1. The van der Waals surface area contributed by atoms with Crippen molar-refractivity contribution in [2.24, 2.45) is 40.1 Å². The number of carbonyl (C=O) groups excluding carboxylic acids is 6. The first-order valence-corrected chi connectivity index (χ1v) is 15.5. The van der Waals surface area contributed by atoms with Crippen molar-refractivity contribution in [2.45, 2.75) is 97.9 Å². The van der Waals surface area contributed by atoms with E-state index in [1.54, 1.807) is 32.5 Å². The van der Waals surface area contributed by atoms with Crippen LogP contribution in [0.25, 0.3) is 0 Å². The smallest absolute Gasteiger partial charge is 0.224 e. The van der Waals surface area contributed by atoms with Crippen LogP contribution in [-0.2, 0) is 28.8 Å². The number of aliphatic hydroxyl groups excluding tert-OH is 1. The number of amides is 2. The molecule has 0 rings (SSSR count). The zero-order chi connectivity index (χ0) is 32.6. The standard InChI is InChI=1S/C29H51N5O7S/c1-16(2)22(28(41)34-24(14-35)25(38)11-18(5)20(7)37)13-26(39)23(9-8-10-32-29(30)31)33-27(40)21(12-19(6)36)15-42-17(3)4/h16-18,21-24,35H,8-15H2,1-7H3,(H,33,40)(H,34,41)(H4,30,31,32)/t18-,21+,22+,23+,24+/m1/s1. The molecular formula is C29H51N5O7S. The first-order chi connectivity index (χ1) is 19.5. The van der Waals surface area contributed by atoms with Crippen LogP contribution in [0, 0.1) is 23.7 Å². The summed E-state index contributed by atoms with van der Waals surface area (Å²) in [6.07, 6.45) is 0.257. The SMILES string of the molecule is CC(=O)C[C@@H](CSC(C)C)C(=O)N[C@@H](CCCN=C(N)N)C(=O)C[C@H](C(=O)N[C@@H](CO)C(=O)C[C@@H](C)C(C)=O)C(C)C. The third-order valence-corrected chi connectivity index (χ3v) is 8.10. The number of nitrogens with two attached hydrogens (primary N) is 2. The van der Waals surface area contributed by atoms with Gasteiger partial charge in [-0.15, -0.1) is 0 Å². The van der Waals surface area contributed by atoms with E-state index in [9.17, 15) is 33.9 Å². The van der Waals surface area contributed by atoms with E-state index in [1.807, 2.05) is 13.8 Å². The number of ketones is 4. The minimum absolute atomic E-state index is 0.0380. The summed E-state index contributed by atoms with van der Waals surface area (Å²) < 4.78 is 0. The summed E-state index contributed by atoms with van der Waals surface area (Å²) >= 11 is 1.54. The Labute approximate surface area is 254 Å². The van der Waals surface area contributed by atoms with Crippen LogP contribution in [0.3, 0.4) is 0 Å².